The van der Waals surface area contributed by atoms with Crippen LogP contribution in [0.4, 0.5) is 16.3 Å². The molecule has 0 radical (unpaired) electrons. The maximum absolute atomic E-state index is 12.0. The van der Waals surface area contributed by atoms with Gasteiger partial charge >= 0.3 is 6.09 Å². The van der Waals surface area contributed by atoms with Gasteiger partial charge in [0.2, 0.25) is 0 Å². The third-order valence-corrected chi connectivity index (χ3v) is 6.14. The van der Waals surface area contributed by atoms with E-state index in [1.165, 1.54) is 5.56 Å². The third kappa shape index (κ3) is 6.69. The van der Waals surface area contributed by atoms with Gasteiger partial charge in [0.15, 0.2) is 0 Å². The standard InChI is InChI=1S/C26H33N5O2/c1-26(2,3)31-25(32)33-21-10-8-19(9-11-21)29-23-14-22(23)18-7-12-24(28-16-18)30-20-6-4-5-17(13-20)15-27/h4-7,12-13,16,19,21-23,29H,8-11,14H2,1-3H3,(H,28,30)(H,31,32). The number of carbonyl (C=O) groups excluding carboxylic acids is 1. The SMILES string of the molecule is CC(C)(C)NC(=O)OC1CCC(NC2CC2c2ccc(Nc3cccc(C#N)c3)nc2)CC1. The van der Waals surface area contributed by atoms with Crippen molar-refractivity contribution in [1.82, 2.24) is 15.6 Å². The highest BCUT2D eigenvalue weighted by molar-refractivity contribution is 5.68. The molecule has 0 aliphatic heterocycles. The first kappa shape index (κ1) is 23.1. The zero-order chi connectivity index (χ0) is 23.4. The van der Waals surface area contributed by atoms with E-state index in [1.54, 1.807) is 6.07 Å². The van der Waals surface area contributed by atoms with E-state index < -0.39 is 0 Å². The summed E-state index contributed by atoms with van der Waals surface area (Å²) in [7, 11) is 0. The molecule has 7 heteroatoms. The maximum atomic E-state index is 12.0. The van der Waals surface area contributed by atoms with Crippen molar-refractivity contribution in [2.24, 2.45) is 0 Å². The number of benzene rings is 1. The molecule has 2 atom stereocenters. The molecule has 0 saturated heterocycles. The van der Waals surface area contributed by atoms with Gasteiger partial charge in [0.25, 0.3) is 0 Å². The molecule has 1 aromatic heterocycles. The van der Waals surface area contributed by atoms with Gasteiger partial charge < -0.3 is 20.7 Å². The number of carbonyl (C=O) groups is 1. The molecular formula is C26H33N5O2. The number of alkyl carbamates (subject to hydrolysis) is 1. The van der Waals surface area contributed by atoms with Crippen molar-refractivity contribution >= 4 is 17.6 Å². The van der Waals surface area contributed by atoms with E-state index in [9.17, 15) is 4.79 Å². The molecule has 7 nitrogen and oxygen atoms in total. The van der Waals surface area contributed by atoms with Gasteiger partial charge in [-0.15, -0.1) is 0 Å². The minimum Gasteiger partial charge on any atom is -0.446 e. The quantitative estimate of drug-likeness (QED) is 0.578. The van der Waals surface area contributed by atoms with E-state index in [2.05, 4.69) is 33.1 Å². The molecule has 2 saturated carbocycles. The van der Waals surface area contributed by atoms with Crippen LogP contribution in [0.5, 0.6) is 0 Å². The number of rotatable bonds is 6. The number of nitrogens with zero attached hydrogens (tertiary/aromatic N) is 2. The molecule has 2 aliphatic carbocycles. The molecule has 2 unspecified atom stereocenters. The Kier molecular flexibility index (Phi) is 6.85. The van der Waals surface area contributed by atoms with Crippen LogP contribution < -0.4 is 16.0 Å². The van der Waals surface area contributed by atoms with Gasteiger partial charge in [-0.05, 0) is 82.7 Å². The van der Waals surface area contributed by atoms with Crippen LogP contribution in [0.15, 0.2) is 42.6 Å². The minimum absolute atomic E-state index is 0.0125. The molecule has 1 aromatic carbocycles. The minimum atomic E-state index is -0.315. The van der Waals surface area contributed by atoms with E-state index in [-0.39, 0.29) is 17.7 Å². The second-order valence-electron chi connectivity index (χ2n) is 10.2. The van der Waals surface area contributed by atoms with Gasteiger partial charge in [-0.3, -0.25) is 0 Å². The van der Waals surface area contributed by atoms with Crippen molar-refractivity contribution in [1.29, 1.82) is 5.26 Å². The number of hydrogen-bond acceptors (Lipinski definition) is 6. The van der Waals surface area contributed by atoms with Gasteiger partial charge in [-0.1, -0.05) is 12.1 Å². The summed E-state index contributed by atoms with van der Waals surface area (Å²) < 4.78 is 5.59. The van der Waals surface area contributed by atoms with Crippen LogP contribution >= 0.6 is 0 Å². The monoisotopic (exact) mass is 447 g/mol. The van der Waals surface area contributed by atoms with Crippen molar-refractivity contribution in [2.75, 3.05) is 5.32 Å². The fourth-order valence-electron chi connectivity index (χ4n) is 4.40. The lowest BCUT2D eigenvalue weighted by Gasteiger charge is -2.30. The van der Waals surface area contributed by atoms with Crippen molar-refractivity contribution in [3.05, 3.63) is 53.7 Å². The number of ether oxygens (including phenoxy) is 1. The summed E-state index contributed by atoms with van der Waals surface area (Å²) in [6.07, 6.45) is 6.63. The van der Waals surface area contributed by atoms with E-state index in [0.29, 0.717) is 23.6 Å². The molecule has 2 aromatic rings. The summed E-state index contributed by atoms with van der Waals surface area (Å²) in [5, 5.41) is 18.9. The average Bonchev–Trinajstić information content (AvgIpc) is 3.53. The fraction of sp³-hybridized carbons (Fsp3) is 0.500. The summed E-state index contributed by atoms with van der Waals surface area (Å²) in [5.74, 6) is 1.27. The summed E-state index contributed by atoms with van der Waals surface area (Å²) in [6.45, 7) is 5.86. The van der Waals surface area contributed by atoms with E-state index in [0.717, 1.165) is 43.6 Å². The first-order valence-corrected chi connectivity index (χ1v) is 11.8. The lowest BCUT2D eigenvalue weighted by Crippen LogP contribution is -2.43. The molecule has 2 aliphatic rings. The molecule has 174 valence electrons. The predicted octanol–water partition coefficient (Wildman–Crippen LogP) is 4.98. The largest absolute Gasteiger partial charge is 0.446 e. The maximum Gasteiger partial charge on any atom is 0.407 e. The smallest absolute Gasteiger partial charge is 0.407 e. The molecule has 2 fully saturated rings. The molecular weight excluding hydrogens is 414 g/mol. The van der Waals surface area contributed by atoms with Gasteiger partial charge in [0.05, 0.1) is 11.6 Å². The Balaban J connectivity index is 1.20. The number of pyridine rings is 1. The van der Waals surface area contributed by atoms with Crippen LogP contribution in [0.3, 0.4) is 0 Å². The summed E-state index contributed by atoms with van der Waals surface area (Å²) in [6, 6.07) is 14.6. The topological polar surface area (TPSA) is 99.1 Å². The molecule has 4 rings (SSSR count). The van der Waals surface area contributed by atoms with E-state index >= 15 is 0 Å². The lowest BCUT2D eigenvalue weighted by molar-refractivity contribution is 0.0639. The van der Waals surface area contributed by atoms with E-state index in [1.807, 2.05) is 51.2 Å². The van der Waals surface area contributed by atoms with Crippen LogP contribution in [0.1, 0.15) is 69.9 Å². The van der Waals surface area contributed by atoms with Gasteiger partial charge in [0.1, 0.15) is 11.9 Å². The summed E-state index contributed by atoms with van der Waals surface area (Å²) >= 11 is 0. The fourth-order valence-corrected chi connectivity index (χ4v) is 4.40. The Labute approximate surface area is 195 Å². The van der Waals surface area contributed by atoms with Crippen molar-refractivity contribution in [3.8, 4) is 6.07 Å². The molecule has 0 bridgehead atoms. The summed E-state index contributed by atoms with van der Waals surface area (Å²) in [4.78, 5) is 16.5. The second-order valence-corrected chi connectivity index (χ2v) is 10.2. The Hall–Kier alpha value is -3.11. The highest BCUT2D eigenvalue weighted by Gasteiger charge is 2.40. The van der Waals surface area contributed by atoms with Crippen molar-refractivity contribution in [2.45, 2.75) is 82.5 Å². The number of aromatic nitrogens is 1. The zero-order valence-corrected chi connectivity index (χ0v) is 19.6. The van der Waals surface area contributed by atoms with Crippen molar-refractivity contribution < 1.29 is 9.53 Å². The lowest BCUT2D eigenvalue weighted by atomic mass is 9.93. The van der Waals surface area contributed by atoms with Crippen LogP contribution in [0.25, 0.3) is 0 Å². The Morgan fingerprint density at radius 3 is 2.61 bits per heavy atom. The Morgan fingerprint density at radius 1 is 1.15 bits per heavy atom. The average molecular weight is 448 g/mol. The van der Waals surface area contributed by atoms with Gasteiger partial charge in [-0.25, -0.2) is 9.78 Å². The molecule has 33 heavy (non-hydrogen) atoms. The van der Waals surface area contributed by atoms with Gasteiger partial charge in [0, 0.05) is 35.4 Å². The first-order chi connectivity index (χ1) is 15.8. The van der Waals surface area contributed by atoms with E-state index in [4.69, 9.17) is 10.00 Å². The van der Waals surface area contributed by atoms with Crippen LogP contribution in [0, 0.1) is 11.3 Å². The number of anilines is 2. The number of amides is 1. The zero-order valence-electron chi connectivity index (χ0n) is 19.6. The second kappa shape index (κ2) is 9.80. The van der Waals surface area contributed by atoms with Crippen molar-refractivity contribution in [3.63, 3.8) is 0 Å². The van der Waals surface area contributed by atoms with Crippen LogP contribution in [0.2, 0.25) is 0 Å². The molecule has 3 N–H and O–H groups in total. The predicted molar refractivity (Wildman–Crippen MR) is 128 cm³/mol. The third-order valence-electron chi connectivity index (χ3n) is 6.14. The summed E-state index contributed by atoms with van der Waals surface area (Å²) in [5.41, 5.74) is 2.45. The Bertz CT molecular complexity index is 1000. The number of nitrogens with one attached hydrogen (secondary N) is 3. The molecule has 0 spiro atoms. The van der Waals surface area contributed by atoms with Crippen LogP contribution in [-0.2, 0) is 4.74 Å². The highest BCUT2D eigenvalue weighted by atomic mass is 16.6. The highest BCUT2D eigenvalue weighted by Crippen LogP contribution is 2.42. The molecule has 1 amide bonds. The first-order valence-electron chi connectivity index (χ1n) is 11.8. The van der Waals surface area contributed by atoms with Gasteiger partial charge in [-0.2, -0.15) is 5.26 Å². The normalized spacial score (nSPS) is 24.4. The number of nitriles is 1. The van der Waals surface area contributed by atoms with Crippen LogP contribution in [-0.4, -0.2) is 34.8 Å². The number of hydrogen-bond donors (Lipinski definition) is 3. The Morgan fingerprint density at radius 2 is 1.94 bits per heavy atom. The molecule has 1 heterocycles.